The number of carbonyl (C=O) groups excluding carboxylic acids is 1. The van der Waals surface area contributed by atoms with E-state index >= 15 is 0 Å². The van der Waals surface area contributed by atoms with Crippen LogP contribution in [0.4, 0.5) is 0 Å². The maximum atomic E-state index is 12.5. The van der Waals surface area contributed by atoms with Gasteiger partial charge in [0.1, 0.15) is 0 Å². The van der Waals surface area contributed by atoms with Gasteiger partial charge in [-0.15, -0.1) is 0 Å². The van der Waals surface area contributed by atoms with Crippen molar-refractivity contribution in [1.82, 2.24) is 0 Å². The molecule has 0 N–H and O–H groups in total. The van der Waals surface area contributed by atoms with Crippen molar-refractivity contribution in [3.05, 3.63) is 42.0 Å². The van der Waals surface area contributed by atoms with E-state index in [1.807, 2.05) is 30.3 Å². The Morgan fingerprint density at radius 3 is 2.56 bits per heavy atom. The van der Waals surface area contributed by atoms with Gasteiger partial charge in [-0.25, -0.2) is 0 Å². The van der Waals surface area contributed by atoms with Gasteiger partial charge in [-0.05, 0) is 37.3 Å². The van der Waals surface area contributed by atoms with E-state index in [0.717, 1.165) is 17.7 Å². The lowest BCUT2D eigenvalue weighted by Gasteiger charge is -2.37. The molecule has 0 fully saturated rings. The fraction of sp³-hybridized carbons (Fsp3) is 0.438. The van der Waals surface area contributed by atoms with Gasteiger partial charge in [0.2, 0.25) is 5.12 Å². The summed E-state index contributed by atoms with van der Waals surface area (Å²) in [5.74, 6) is 0.0523. The summed E-state index contributed by atoms with van der Waals surface area (Å²) in [6, 6.07) is 9.92. The molecule has 1 aliphatic rings. The highest BCUT2D eigenvalue weighted by molar-refractivity contribution is 8.13. The second kappa shape index (κ2) is 5.31. The maximum absolute atomic E-state index is 12.5. The largest absolute Gasteiger partial charge is 0.286 e. The zero-order valence-corrected chi connectivity index (χ0v) is 12.1. The summed E-state index contributed by atoms with van der Waals surface area (Å²) in [5, 5.41) is 0.277. The molecule has 0 spiro atoms. The van der Waals surface area contributed by atoms with E-state index < -0.39 is 0 Å². The summed E-state index contributed by atoms with van der Waals surface area (Å²) < 4.78 is 0. The highest BCUT2D eigenvalue weighted by Gasteiger charge is 2.38. The first kappa shape index (κ1) is 13.4. The second-order valence-corrected chi connectivity index (χ2v) is 6.72. The monoisotopic (exact) mass is 260 g/mol. The zero-order chi connectivity index (χ0) is 13.2. The summed E-state index contributed by atoms with van der Waals surface area (Å²) in [7, 11) is 0. The van der Waals surface area contributed by atoms with Gasteiger partial charge in [0.25, 0.3) is 0 Å². The lowest BCUT2D eigenvalue weighted by atomic mass is 9.69. The number of hydrogen-bond donors (Lipinski definition) is 0. The lowest BCUT2D eigenvalue weighted by Crippen LogP contribution is -2.32. The van der Waals surface area contributed by atoms with Crippen molar-refractivity contribution in [2.75, 3.05) is 0 Å². The van der Waals surface area contributed by atoms with Crippen LogP contribution in [-0.2, 0) is 4.79 Å². The quantitative estimate of drug-likeness (QED) is 0.567. The summed E-state index contributed by atoms with van der Waals surface area (Å²) in [4.78, 5) is 13.6. The molecule has 1 aromatic rings. The summed E-state index contributed by atoms with van der Waals surface area (Å²) >= 11 is 1.38. The smallest absolute Gasteiger partial charge is 0.201 e. The average molecular weight is 260 g/mol. The van der Waals surface area contributed by atoms with Crippen molar-refractivity contribution in [2.24, 2.45) is 11.3 Å². The molecule has 18 heavy (non-hydrogen) atoms. The van der Waals surface area contributed by atoms with E-state index in [1.165, 1.54) is 17.3 Å². The van der Waals surface area contributed by atoms with Crippen LogP contribution in [0.25, 0.3) is 0 Å². The zero-order valence-electron chi connectivity index (χ0n) is 11.3. The first-order valence-corrected chi connectivity index (χ1v) is 7.26. The molecule has 0 amide bonds. The number of hydrogen-bond acceptors (Lipinski definition) is 2. The first-order valence-electron chi connectivity index (χ1n) is 6.44. The van der Waals surface area contributed by atoms with Crippen LogP contribution in [-0.4, -0.2) is 5.12 Å². The first-order chi connectivity index (χ1) is 8.50. The second-order valence-electron chi connectivity index (χ2n) is 5.64. The van der Waals surface area contributed by atoms with Gasteiger partial charge >= 0.3 is 0 Å². The Morgan fingerprint density at radius 1 is 1.28 bits per heavy atom. The van der Waals surface area contributed by atoms with Gasteiger partial charge in [-0.2, -0.15) is 0 Å². The molecule has 1 aromatic carbocycles. The van der Waals surface area contributed by atoms with Crippen LogP contribution in [0.3, 0.4) is 0 Å². The Kier molecular flexibility index (Phi) is 3.96. The fourth-order valence-electron chi connectivity index (χ4n) is 2.72. The van der Waals surface area contributed by atoms with Gasteiger partial charge in [0.15, 0.2) is 0 Å². The van der Waals surface area contributed by atoms with E-state index in [-0.39, 0.29) is 16.4 Å². The Bertz CT molecular complexity index is 459. The van der Waals surface area contributed by atoms with Gasteiger partial charge in [-0.3, -0.25) is 4.79 Å². The van der Waals surface area contributed by atoms with E-state index in [1.54, 1.807) is 0 Å². The van der Waals surface area contributed by atoms with Gasteiger partial charge in [-0.1, -0.05) is 55.5 Å². The third-order valence-corrected chi connectivity index (χ3v) is 4.63. The Labute approximate surface area is 114 Å². The molecular formula is C16H20OS. The molecule has 96 valence electrons. The lowest BCUT2D eigenvalue weighted by molar-refractivity contribution is -0.116. The molecule has 2 heteroatoms. The van der Waals surface area contributed by atoms with Crippen LogP contribution in [0.15, 0.2) is 46.9 Å². The molecule has 1 atom stereocenters. The number of carbonyl (C=O) groups is 1. The Balaban J connectivity index is 2.17. The average Bonchev–Trinajstić information content (AvgIpc) is 2.28. The molecule has 0 radical (unpaired) electrons. The van der Waals surface area contributed by atoms with Crippen LogP contribution < -0.4 is 0 Å². The highest BCUT2D eigenvalue weighted by Crippen LogP contribution is 2.44. The van der Waals surface area contributed by atoms with Gasteiger partial charge in [0.05, 0.1) is 5.92 Å². The third-order valence-electron chi connectivity index (χ3n) is 3.69. The number of allylic oxidation sites excluding steroid dienone is 2. The molecule has 0 aliphatic heterocycles. The van der Waals surface area contributed by atoms with Crippen LogP contribution in [0.5, 0.6) is 0 Å². The molecule has 1 nitrogen and oxygen atoms in total. The summed E-state index contributed by atoms with van der Waals surface area (Å²) in [6.07, 6.45) is 4.41. The van der Waals surface area contributed by atoms with Crippen LogP contribution >= 0.6 is 11.8 Å². The number of thioether (sulfide) groups is 1. The molecule has 0 heterocycles. The predicted molar refractivity (Wildman–Crippen MR) is 77.6 cm³/mol. The standard InChI is InChI=1S/C16H20OS/c1-12-8-7-11-16(2,3)14(12)15(17)18-13-9-5-4-6-10-13/h4-6,8-10,14H,7,11H2,1-3H3/t14-/m0/s1. The van der Waals surface area contributed by atoms with E-state index in [4.69, 9.17) is 0 Å². The van der Waals surface area contributed by atoms with Crippen molar-refractivity contribution in [1.29, 1.82) is 0 Å². The van der Waals surface area contributed by atoms with E-state index in [9.17, 15) is 4.79 Å². The van der Waals surface area contributed by atoms with Crippen LogP contribution in [0.1, 0.15) is 33.6 Å². The Morgan fingerprint density at radius 2 is 1.94 bits per heavy atom. The van der Waals surface area contributed by atoms with Crippen molar-refractivity contribution >= 4 is 16.9 Å². The summed E-state index contributed by atoms with van der Waals surface area (Å²) in [6.45, 7) is 6.50. The molecule has 0 bridgehead atoms. The SMILES string of the molecule is CC1=CCCC(C)(C)[C@@H]1C(=O)Sc1ccccc1. The van der Waals surface area contributed by atoms with Crippen molar-refractivity contribution in [3.8, 4) is 0 Å². The molecule has 0 aromatic heterocycles. The molecule has 1 aliphatic carbocycles. The fourth-order valence-corrected chi connectivity index (χ4v) is 3.87. The molecule has 0 unspecified atom stereocenters. The van der Waals surface area contributed by atoms with Crippen molar-refractivity contribution < 1.29 is 4.79 Å². The third kappa shape index (κ3) is 2.86. The minimum atomic E-state index is 0.0523. The van der Waals surface area contributed by atoms with E-state index in [2.05, 4.69) is 26.8 Å². The minimum absolute atomic E-state index is 0.0523. The Hall–Kier alpha value is -1.02. The summed E-state index contributed by atoms with van der Waals surface area (Å²) in [5.41, 5.74) is 1.32. The van der Waals surface area contributed by atoms with Gasteiger partial charge < -0.3 is 0 Å². The molecule has 2 rings (SSSR count). The predicted octanol–water partition coefficient (Wildman–Crippen LogP) is 4.69. The topological polar surface area (TPSA) is 17.1 Å². The van der Waals surface area contributed by atoms with Crippen molar-refractivity contribution in [3.63, 3.8) is 0 Å². The minimum Gasteiger partial charge on any atom is -0.286 e. The number of rotatable bonds is 2. The molecular weight excluding hydrogens is 240 g/mol. The number of benzene rings is 1. The highest BCUT2D eigenvalue weighted by atomic mass is 32.2. The van der Waals surface area contributed by atoms with Crippen molar-refractivity contribution in [2.45, 2.75) is 38.5 Å². The van der Waals surface area contributed by atoms with Gasteiger partial charge in [0, 0.05) is 4.90 Å². The normalized spacial score (nSPS) is 22.4. The molecule has 0 saturated heterocycles. The molecule has 0 saturated carbocycles. The van der Waals surface area contributed by atoms with Crippen LogP contribution in [0.2, 0.25) is 0 Å². The van der Waals surface area contributed by atoms with E-state index in [0.29, 0.717) is 0 Å². The maximum Gasteiger partial charge on any atom is 0.201 e. The van der Waals surface area contributed by atoms with Crippen LogP contribution in [0, 0.1) is 11.3 Å².